The van der Waals surface area contributed by atoms with Crippen LogP contribution in [0.25, 0.3) is 0 Å². The number of hydrogen-bond acceptors (Lipinski definition) is 9. The van der Waals surface area contributed by atoms with Crippen molar-refractivity contribution in [1.29, 1.82) is 0 Å². The van der Waals surface area contributed by atoms with Gasteiger partial charge in [0.1, 0.15) is 0 Å². The minimum absolute atomic E-state index is 0.0191. The highest BCUT2D eigenvalue weighted by Gasteiger charge is 2.20. The molecule has 0 saturated heterocycles. The first-order chi connectivity index (χ1) is 13.4. The number of carbonyl (C=O) groups excluding carboxylic acids is 2. The number of aromatic hydroxyl groups is 2. The monoisotopic (exact) mass is 392 g/mol. The molecule has 150 valence electrons. The van der Waals surface area contributed by atoms with Gasteiger partial charge in [0.15, 0.2) is 29.6 Å². The summed E-state index contributed by atoms with van der Waals surface area (Å²) >= 11 is 0. The Kier molecular flexibility index (Phi) is 6.54. The summed E-state index contributed by atoms with van der Waals surface area (Å²) in [5.74, 6) is -1.74. The maximum atomic E-state index is 12.4. The first-order valence-electron chi connectivity index (χ1n) is 7.96. The number of rotatable bonds is 8. The standard InChI is InChI=1S/C19H20O9/c1-24-13-5-10(6-14(25-2)17(13)21)12(20)9-28-19(23)11-7-15(26-3)18(22)16(8-11)27-4/h5-8,21-22H,9H2,1-4H3. The number of phenolic OH excluding ortho intramolecular Hbond substituents is 2. The smallest absolute Gasteiger partial charge is 0.338 e. The van der Waals surface area contributed by atoms with Crippen LogP contribution in [-0.2, 0) is 4.74 Å². The third-order valence-corrected chi connectivity index (χ3v) is 3.85. The highest BCUT2D eigenvalue weighted by molar-refractivity contribution is 6.00. The van der Waals surface area contributed by atoms with Gasteiger partial charge in [-0.3, -0.25) is 4.79 Å². The Morgan fingerprint density at radius 3 is 1.43 bits per heavy atom. The molecule has 0 aliphatic carbocycles. The Labute approximate surface area is 161 Å². The van der Waals surface area contributed by atoms with E-state index in [0.717, 1.165) is 0 Å². The SMILES string of the molecule is COc1cc(C(=O)COC(=O)c2cc(OC)c(O)c(OC)c2)cc(OC)c1O. The molecule has 0 radical (unpaired) electrons. The molecular formula is C19H20O9. The zero-order chi connectivity index (χ0) is 20.8. The average molecular weight is 392 g/mol. The van der Waals surface area contributed by atoms with E-state index in [0.29, 0.717) is 0 Å². The predicted octanol–water partition coefficient (Wildman–Crippen LogP) is 2.17. The number of carbonyl (C=O) groups is 2. The van der Waals surface area contributed by atoms with Gasteiger partial charge in [-0.2, -0.15) is 0 Å². The molecule has 0 amide bonds. The summed E-state index contributed by atoms with van der Waals surface area (Å²) in [7, 11) is 5.29. The number of Topliss-reactive ketones (excluding diaryl/α,β-unsaturated/α-hetero) is 1. The molecule has 9 nitrogen and oxygen atoms in total. The Morgan fingerprint density at radius 2 is 1.07 bits per heavy atom. The van der Waals surface area contributed by atoms with Crippen molar-refractivity contribution < 1.29 is 43.5 Å². The Morgan fingerprint density at radius 1 is 0.714 bits per heavy atom. The van der Waals surface area contributed by atoms with Gasteiger partial charge >= 0.3 is 5.97 Å². The van der Waals surface area contributed by atoms with Crippen molar-refractivity contribution in [3.8, 4) is 34.5 Å². The van der Waals surface area contributed by atoms with Crippen LogP contribution in [0.1, 0.15) is 20.7 Å². The molecule has 0 fully saturated rings. The van der Waals surface area contributed by atoms with Gasteiger partial charge in [0.2, 0.25) is 17.3 Å². The quantitative estimate of drug-likeness (QED) is 0.514. The molecule has 2 rings (SSSR count). The second-order valence-corrected chi connectivity index (χ2v) is 5.46. The molecule has 2 N–H and O–H groups in total. The highest BCUT2D eigenvalue weighted by Crippen LogP contribution is 2.38. The molecule has 0 unspecified atom stereocenters. The molecule has 0 spiro atoms. The highest BCUT2D eigenvalue weighted by atomic mass is 16.5. The van der Waals surface area contributed by atoms with Crippen LogP contribution in [-0.4, -0.2) is 57.0 Å². The van der Waals surface area contributed by atoms with E-state index in [1.54, 1.807) is 0 Å². The number of ether oxygens (including phenoxy) is 5. The van der Waals surface area contributed by atoms with Crippen LogP contribution >= 0.6 is 0 Å². The molecule has 9 heteroatoms. The van der Waals surface area contributed by atoms with Crippen molar-refractivity contribution in [2.24, 2.45) is 0 Å². The summed E-state index contributed by atoms with van der Waals surface area (Å²) in [6.07, 6.45) is 0. The zero-order valence-corrected chi connectivity index (χ0v) is 15.8. The molecule has 0 atom stereocenters. The molecule has 2 aromatic rings. The third kappa shape index (κ3) is 4.20. The van der Waals surface area contributed by atoms with Gasteiger partial charge in [0.05, 0.1) is 34.0 Å². The summed E-state index contributed by atoms with van der Waals surface area (Å²) in [6, 6.07) is 5.13. The molecule has 0 heterocycles. The Hall–Kier alpha value is -3.62. The summed E-state index contributed by atoms with van der Waals surface area (Å²) in [5, 5.41) is 19.8. The number of benzene rings is 2. The molecule has 0 bridgehead atoms. The van der Waals surface area contributed by atoms with E-state index in [-0.39, 0.29) is 45.6 Å². The van der Waals surface area contributed by atoms with Crippen LogP contribution in [0, 0.1) is 0 Å². The molecule has 0 aliphatic rings. The second-order valence-electron chi connectivity index (χ2n) is 5.46. The normalized spacial score (nSPS) is 10.1. The van der Waals surface area contributed by atoms with E-state index >= 15 is 0 Å². The number of phenols is 2. The van der Waals surface area contributed by atoms with Crippen molar-refractivity contribution in [1.82, 2.24) is 0 Å². The molecule has 28 heavy (non-hydrogen) atoms. The molecule has 0 aromatic heterocycles. The van der Waals surface area contributed by atoms with Gasteiger partial charge in [-0.05, 0) is 24.3 Å². The first-order valence-corrected chi connectivity index (χ1v) is 7.96. The fourth-order valence-corrected chi connectivity index (χ4v) is 2.36. The third-order valence-electron chi connectivity index (χ3n) is 3.85. The van der Waals surface area contributed by atoms with Gasteiger partial charge in [0.25, 0.3) is 0 Å². The fourth-order valence-electron chi connectivity index (χ4n) is 2.36. The van der Waals surface area contributed by atoms with Gasteiger partial charge in [0, 0.05) is 5.56 Å². The number of hydrogen-bond donors (Lipinski definition) is 2. The predicted molar refractivity (Wildman–Crippen MR) is 97.0 cm³/mol. The summed E-state index contributed by atoms with van der Waals surface area (Å²) < 4.78 is 25.0. The van der Waals surface area contributed by atoms with E-state index in [1.165, 1.54) is 52.7 Å². The maximum Gasteiger partial charge on any atom is 0.338 e. The van der Waals surface area contributed by atoms with Gasteiger partial charge in [-0.1, -0.05) is 0 Å². The van der Waals surface area contributed by atoms with Gasteiger partial charge in [-0.25, -0.2) is 4.79 Å². The Balaban J connectivity index is 2.18. The maximum absolute atomic E-state index is 12.4. The zero-order valence-electron chi connectivity index (χ0n) is 15.8. The lowest BCUT2D eigenvalue weighted by Crippen LogP contribution is -2.14. The molecular weight excluding hydrogens is 372 g/mol. The van der Waals surface area contributed by atoms with Crippen molar-refractivity contribution >= 4 is 11.8 Å². The van der Waals surface area contributed by atoms with Crippen molar-refractivity contribution in [3.63, 3.8) is 0 Å². The molecule has 0 aliphatic heterocycles. The van der Waals surface area contributed by atoms with Crippen LogP contribution in [0.5, 0.6) is 34.5 Å². The lowest BCUT2D eigenvalue weighted by atomic mass is 10.1. The number of esters is 1. The van der Waals surface area contributed by atoms with Crippen LogP contribution in [0.15, 0.2) is 24.3 Å². The summed E-state index contributed by atoms with van der Waals surface area (Å²) in [4.78, 5) is 24.6. The fraction of sp³-hybridized carbons (Fsp3) is 0.263. The Bertz CT molecular complexity index is 765. The lowest BCUT2D eigenvalue weighted by molar-refractivity contribution is 0.0474. The number of ketones is 1. The van der Waals surface area contributed by atoms with Crippen molar-refractivity contribution in [2.75, 3.05) is 35.0 Å². The van der Waals surface area contributed by atoms with E-state index in [9.17, 15) is 19.8 Å². The van der Waals surface area contributed by atoms with Crippen molar-refractivity contribution in [3.05, 3.63) is 35.4 Å². The topological polar surface area (TPSA) is 121 Å². The van der Waals surface area contributed by atoms with E-state index in [1.807, 2.05) is 0 Å². The van der Waals surface area contributed by atoms with Gasteiger partial charge < -0.3 is 33.9 Å². The van der Waals surface area contributed by atoms with Crippen LogP contribution < -0.4 is 18.9 Å². The molecule has 0 saturated carbocycles. The minimum Gasteiger partial charge on any atom is -0.502 e. The summed E-state index contributed by atoms with van der Waals surface area (Å²) in [5.41, 5.74) is 0.153. The number of methoxy groups -OCH3 is 4. The minimum atomic E-state index is -0.817. The molecule has 2 aromatic carbocycles. The van der Waals surface area contributed by atoms with E-state index in [4.69, 9.17) is 23.7 Å². The first kappa shape index (κ1) is 20.7. The van der Waals surface area contributed by atoms with E-state index in [2.05, 4.69) is 0 Å². The second kappa shape index (κ2) is 8.85. The summed E-state index contributed by atoms with van der Waals surface area (Å²) in [6.45, 7) is -0.568. The van der Waals surface area contributed by atoms with Crippen LogP contribution in [0.2, 0.25) is 0 Å². The van der Waals surface area contributed by atoms with Crippen LogP contribution in [0.4, 0.5) is 0 Å². The van der Waals surface area contributed by atoms with Gasteiger partial charge in [-0.15, -0.1) is 0 Å². The average Bonchev–Trinajstić information content (AvgIpc) is 2.71. The van der Waals surface area contributed by atoms with E-state index < -0.39 is 18.4 Å². The largest absolute Gasteiger partial charge is 0.502 e. The van der Waals surface area contributed by atoms with Crippen LogP contribution in [0.3, 0.4) is 0 Å². The van der Waals surface area contributed by atoms with Crippen molar-refractivity contribution in [2.45, 2.75) is 0 Å². The lowest BCUT2D eigenvalue weighted by Gasteiger charge is -2.12.